The Labute approximate surface area is 93.5 Å². The van der Waals surface area contributed by atoms with Crippen LogP contribution in [0.1, 0.15) is 0 Å². The molecule has 2 N–H and O–H groups in total. The van der Waals surface area contributed by atoms with Gasteiger partial charge in [-0.05, 0) is 24.3 Å². The Morgan fingerprint density at radius 2 is 2.06 bits per heavy atom. The van der Waals surface area contributed by atoms with Gasteiger partial charge in [-0.25, -0.2) is 4.79 Å². The molecule has 1 aromatic carbocycles. The molecular formula is C11H6N2O4. The van der Waals surface area contributed by atoms with Crippen LogP contribution < -0.4 is 11.2 Å². The van der Waals surface area contributed by atoms with Crippen molar-refractivity contribution in [3.05, 3.63) is 45.1 Å². The molecule has 0 atom stereocenters. The van der Waals surface area contributed by atoms with Crippen molar-refractivity contribution in [1.82, 2.24) is 9.97 Å². The van der Waals surface area contributed by atoms with Crippen LogP contribution in [0, 0.1) is 0 Å². The molecule has 0 bridgehead atoms. The van der Waals surface area contributed by atoms with Crippen molar-refractivity contribution in [2.24, 2.45) is 0 Å². The lowest BCUT2D eigenvalue weighted by molar-refractivity contribution is 0.475. The maximum Gasteiger partial charge on any atom is 0.351 e. The quantitative estimate of drug-likeness (QED) is 0.554. The van der Waals surface area contributed by atoms with Gasteiger partial charge in [-0.1, -0.05) is 0 Å². The summed E-state index contributed by atoms with van der Waals surface area (Å²) >= 11 is 0. The number of nitrogens with zero attached hydrogens (tertiary/aromatic N) is 1. The third-order valence-corrected chi connectivity index (χ3v) is 2.40. The minimum absolute atomic E-state index is 0.0167. The molecule has 3 rings (SSSR count). The van der Waals surface area contributed by atoms with Gasteiger partial charge >= 0.3 is 5.69 Å². The van der Waals surface area contributed by atoms with E-state index in [2.05, 4.69) is 4.98 Å². The standard InChI is InChI=1S/C11H6N2O4/c14-6-1-2-8-5(3-6)4-7-9(15)12-11(16)13-10(7)17-8/h1-4,14H,(H,12,15,16). The van der Waals surface area contributed by atoms with Crippen LogP contribution in [0.5, 0.6) is 5.75 Å². The van der Waals surface area contributed by atoms with Crippen molar-refractivity contribution in [2.45, 2.75) is 0 Å². The lowest BCUT2D eigenvalue weighted by Gasteiger charge is -2.04. The first-order chi connectivity index (χ1) is 8.13. The van der Waals surface area contributed by atoms with Gasteiger partial charge in [-0.3, -0.25) is 9.78 Å². The van der Waals surface area contributed by atoms with E-state index in [-0.39, 0.29) is 17.2 Å². The van der Waals surface area contributed by atoms with E-state index in [0.29, 0.717) is 11.0 Å². The Hall–Kier alpha value is -2.63. The van der Waals surface area contributed by atoms with Crippen LogP contribution in [-0.2, 0) is 0 Å². The van der Waals surface area contributed by atoms with Crippen molar-refractivity contribution in [3.63, 3.8) is 0 Å². The van der Waals surface area contributed by atoms with E-state index in [0.717, 1.165) is 0 Å². The Bertz CT molecular complexity index is 803. The second-order valence-corrected chi connectivity index (χ2v) is 3.56. The Balaban J connectivity index is 2.53. The first-order valence-corrected chi connectivity index (χ1v) is 4.80. The zero-order valence-electron chi connectivity index (χ0n) is 8.43. The molecule has 0 fully saturated rings. The van der Waals surface area contributed by atoms with Gasteiger partial charge in [0.1, 0.15) is 16.9 Å². The summed E-state index contributed by atoms with van der Waals surface area (Å²) in [4.78, 5) is 28.2. The summed E-state index contributed by atoms with van der Waals surface area (Å²) in [6.07, 6.45) is 0. The predicted molar refractivity (Wildman–Crippen MR) is 59.2 cm³/mol. The summed E-state index contributed by atoms with van der Waals surface area (Å²) < 4.78 is 5.32. The highest BCUT2D eigenvalue weighted by molar-refractivity contribution is 5.82. The summed E-state index contributed by atoms with van der Waals surface area (Å²) in [7, 11) is 0. The minimum Gasteiger partial charge on any atom is -0.508 e. The number of fused-ring (bicyclic) bond motifs is 2. The molecule has 2 aliphatic rings. The first kappa shape index (κ1) is 9.59. The summed E-state index contributed by atoms with van der Waals surface area (Å²) in [6, 6.07) is 5.96. The fraction of sp³-hybridized carbons (Fsp3) is 0. The lowest BCUT2D eigenvalue weighted by atomic mass is 10.1. The molecule has 1 aromatic rings. The average molecular weight is 230 g/mol. The number of hydrogen-bond donors (Lipinski definition) is 2. The van der Waals surface area contributed by atoms with Crippen LogP contribution in [0.25, 0.3) is 22.4 Å². The fourth-order valence-electron chi connectivity index (χ4n) is 1.65. The molecule has 0 aromatic heterocycles. The number of hydrogen-bond acceptors (Lipinski definition) is 5. The largest absolute Gasteiger partial charge is 0.508 e. The number of H-pyrrole nitrogens is 1. The molecule has 6 nitrogen and oxygen atoms in total. The maximum atomic E-state index is 11.5. The number of aromatic amines is 1. The number of phenolic OH excluding ortho intramolecular Hbond substituents is 1. The average Bonchev–Trinajstić information content (AvgIpc) is 2.27. The second-order valence-electron chi connectivity index (χ2n) is 3.56. The first-order valence-electron chi connectivity index (χ1n) is 4.80. The van der Waals surface area contributed by atoms with Gasteiger partial charge < -0.3 is 9.52 Å². The highest BCUT2D eigenvalue weighted by Crippen LogP contribution is 2.25. The molecule has 0 amide bonds. The molecular weight excluding hydrogens is 224 g/mol. The molecule has 0 saturated heterocycles. The molecule has 0 radical (unpaired) electrons. The molecule has 0 saturated carbocycles. The third-order valence-electron chi connectivity index (χ3n) is 2.40. The van der Waals surface area contributed by atoms with Gasteiger partial charge in [-0.2, -0.15) is 4.98 Å². The molecule has 2 heterocycles. The third kappa shape index (κ3) is 1.46. The van der Waals surface area contributed by atoms with Gasteiger partial charge in [0.15, 0.2) is 0 Å². The topological polar surface area (TPSA) is 96.2 Å². The highest BCUT2D eigenvalue weighted by Gasteiger charge is 2.13. The predicted octanol–water partition coefficient (Wildman–Crippen LogP) is 0.687. The molecule has 0 aliphatic carbocycles. The van der Waals surface area contributed by atoms with E-state index < -0.39 is 11.2 Å². The van der Waals surface area contributed by atoms with Crippen molar-refractivity contribution in [3.8, 4) is 17.2 Å². The van der Waals surface area contributed by atoms with Gasteiger partial charge in [0.25, 0.3) is 5.56 Å². The van der Waals surface area contributed by atoms with Crippen LogP contribution >= 0.6 is 0 Å². The fourth-order valence-corrected chi connectivity index (χ4v) is 1.65. The van der Waals surface area contributed by atoms with Crippen LogP contribution in [0.4, 0.5) is 0 Å². The Morgan fingerprint density at radius 3 is 2.88 bits per heavy atom. The van der Waals surface area contributed by atoms with E-state index >= 15 is 0 Å². The number of rotatable bonds is 0. The minimum atomic E-state index is -0.746. The van der Waals surface area contributed by atoms with E-state index in [4.69, 9.17) is 4.42 Å². The normalized spacial score (nSPS) is 11.1. The maximum absolute atomic E-state index is 11.5. The SMILES string of the molecule is O=c1nc2oc3ccc(O)cc3cc-2c(=O)[nH]1. The zero-order valence-corrected chi connectivity index (χ0v) is 8.43. The molecule has 6 heteroatoms. The molecule has 0 unspecified atom stereocenters. The van der Waals surface area contributed by atoms with Gasteiger partial charge in [0, 0.05) is 5.39 Å². The van der Waals surface area contributed by atoms with E-state index in [9.17, 15) is 14.7 Å². The number of benzene rings is 1. The van der Waals surface area contributed by atoms with Crippen LogP contribution in [0.3, 0.4) is 0 Å². The van der Waals surface area contributed by atoms with Gasteiger partial charge in [0.05, 0.1) is 0 Å². The summed E-state index contributed by atoms with van der Waals surface area (Å²) in [5, 5.41) is 9.88. The monoisotopic (exact) mass is 230 g/mol. The molecule has 0 spiro atoms. The van der Waals surface area contributed by atoms with Crippen molar-refractivity contribution in [2.75, 3.05) is 0 Å². The van der Waals surface area contributed by atoms with Gasteiger partial charge in [0.2, 0.25) is 5.89 Å². The molecule has 2 aliphatic heterocycles. The van der Waals surface area contributed by atoms with E-state index in [1.165, 1.54) is 24.3 Å². The number of phenols is 1. The van der Waals surface area contributed by atoms with Crippen LogP contribution in [-0.4, -0.2) is 15.1 Å². The van der Waals surface area contributed by atoms with E-state index in [1.807, 2.05) is 4.98 Å². The Kier molecular flexibility index (Phi) is 1.79. The smallest absolute Gasteiger partial charge is 0.351 e. The van der Waals surface area contributed by atoms with E-state index in [1.54, 1.807) is 0 Å². The number of aromatic nitrogens is 2. The van der Waals surface area contributed by atoms with Gasteiger partial charge in [-0.15, -0.1) is 0 Å². The lowest BCUT2D eigenvalue weighted by Crippen LogP contribution is -2.24. The summed E-state index contributed by atoms with van der Waals surface area (Å²) in [6.45, 7) is 0. The molecule has 17 heavy (non-hydrogen) atoms. The molecule has 84 valence electrons. The number of nitrogens with one attached hydrogen (secondary N) is 1. The number of aromatic hydroxyl groups is 1. The van der Waals surface area contributed by atoms with Crippen molar-refractivity contribution >= 4 is 11.0 Å². The van der Waals surface area contributed by atoms with Crippen molar-refractivity contribution in [1.29, 1.82) is 0 Å². The second kappa shape index (κ2) is 3.18. The summed E-state index contributed by atoms with van der Waals surface area (Å²) in [5.41, 5.74) is -0.700. The highest BCUT2D eigenvalue weighted by atomic mass is 16.3. The van der Waals surface area contributed by atoms with Crippen LogP contribution in [0.15, 0.2) is 38.3 Å². The van der Waals surface area contributed by atoms with Crippen LogP contribution in [0.2, 0.25) is 0 Å². The summed E-state index contributed by atoms with van der Waals surface area (Å²) in [5.74, 6) is 0.0498. The Morgan fingerprint density at radius 1 is 1.24 bits per heavy atom. The van der Waals surface area contributed by atoms with Crippen molar-refractivity contribution < 1.29 is 9.52 Å². The zero-order chi connectivity index (χ0) is 12.0.